The highest BCUT2D eigenvalue weighted by atomic mass is 35.5. The van der Waals surface area contributed by atoms with Crippen LogP contribution in [0.15, 0.2) is 48.5 Å². The molecule has 3 rings (SSSR count). The Morgan fingerprint density at radius 1 is 1.20 bits per heavy atom. The molecule has 7 heteroatoms. The number of carbonyl (C=O) groups excluding carboxylic acids is 1. The third-order valence-corrected chi connectivity index (χ3v) is 4.15. The van der Waals surface area contributed by atoms with E-state index >= 15 is 0 Å². The molecule has 1 atom stereocenters. The fourth-order valence-electron chi connectivity index (χ4n) is 2.29. The number of carbonyl (C=O) groups is 1. The molecule has 5 nitrogen and oxygen atoms in total. The lowest BCUT2D eigenvalue weighted by Gasteiger charge is -2.09. The van der Waals surface area contributed by atoms with Crippen molar-refractivity contribution < 1.29 is 19.1 Å². The van der Waals surface area contributed by atoms with Gasteiger partial charge in [-0.1, -0.05) is 23.2 Å². The molecule has 1 aliphatic heterocycles. The van der Waals surface area contributed by atoms with Crippen LogP contribution < -0.4 is 10.2 Å². The van der Waals surface area contributed by atoms with Crippen LogP contribution in [0.25, 0.3) is 5.70 Å². The van der Waals surface area contributed by atoms with Gasteiger partial charge in [0.05, 0.1) is 23.4 Å². The van der Waals surface area contributed by atoms with Gasteiger partial charge in [0.1, 0.15) is 18.5 Å². The largest absolute Gasteiger partial charge is 0.497 e. The van der Waals surface area contributed by atoms with Crippen LogP contribution in [0.5, 0.6) is 5.75 Å². The van der Waals surface area contributed by atoms with Gasteiger partial charge in [0.2, 0.25) is 0 Å². The lowest BCUT2D eigenvalue weighted by atomic mass is 10.1. The molecule has 0 saturated carbocycles. The predicted octanol–water partition coefficient (Wildman–Crippen LogP) is 4.10. The predicted molar refractivity (Wildman–Crippen MR) is 95.7 cm³/mol. The van der Waals surface area contributed by atoms with Crippen LogP contribution in [-0.4, -0.2) is 25.8 Å². The van der Waals surface area contributed by atoms with Gasteiger partial charge in [-0.05, 0) is 54.1 Å². The van der Waals surface area contributed by atoms with E-state index < -0.39 is 12.1 Å². The van der Waals surface area contributed by atoms with E-state index in [1.54, 1.807) is 13.2 Å². The van der Waals surface area contributed by atoms with Crippen molar-refractivity contribution >= 4 is 34.9 Å². The van der Waals surface area contributed by atoms with Crippen molar-refractivity contribution in [1.82, 2.24) is 5.48 Å². The van der Waals surface area contributed by atoms with E-state index in [4.69, 9.17) is 37.5 Å². The fourth-order valence-corrected chi connectivity index (χ4v) is 2.78. The number of hydrogen-bond acceptors (Lipinski definition) is 5. The lowest BCUT2D eigenvalue weighted by Crippen LogP contribution is -2.20. The molecule has 2 aromatic rings. The topological polar surface area (TPSA) is 56.8 Å². The Bertz CT molecular complexity index is 805. The first-order valence-electron chi connectivity index (χ1n) is 7.47. The Kier molecular flexibility index (Phi) is 5.48. The average Bonchev–Trinajstić information content (AvgIpc) is 3.09. The Morgan fingerprint density at radius 2 is 1.96 bits per heavy atom. The number of rotatable bonds is 5. The summed E-state index contributed by atoms with van der Waals surface area (Å²) in [4.78, 5) is 17.5. The van der Waals surface area contributed by atoms with Crippen molar-refractivity contribution in [2.75, 3.05) is 13.7 Å². The lowest BCUT2D eigenvalue weighted by molar-refractivity contribution is -0.00352. The summed E-state index contributed by atoms with van der Waals surface area (Å²) in [6.45, 7) is 0.0600. The second-order valence-electron chi connectivity index (χ2n) is 5.29. The van der Waals surface area contributed by atoms with Crippen molar-refractivity contribution in [3.8, 4) is 5.75 Å². The molecule has 0 aromatic heterocycles. The summed E-state index contributed by atoms with van der Waals surface area (Å²) >= 11 is 11.8. The zero-order valence-electron chi connectivity index (χ0n) is 13.3. The van der Waals surface area contributed by atoms with Gasteiger partial charge in [-0.25, -0.2) is 4.79 Å². The van der Waals surface area contributed by atoms with Gasteiger partial charge < -0.3 is 9.47 Å². The quantitative estimate of drug-likeness (QED) is 0.792. The van der Waals surface area contributed by atoms with Gasteiger partial charge >= 0.3 is 5.97 Å². The SMILES string of the molecule is COc1ccc(C2=C[C@H](COC(=O)c3ccc(Cl)cc3Cl)ON2)cc1. The molecule has 2 aromatic carbocycles. The minimum absolute atomic E-state index is 0.0600. The second-order valence-corrected chi connectivity index (χ2v) is 6.13. The van der Waals surface area contributed by atoms with Gasteiger partial charge in [-0.2, -0.15) is 0 Å². The molecule has 0 amide bonds. The number of esters is 1. The van der Waals surface area contributed by atoms with Crippen molar-refractivity contribution in [3.05, 3.63) is 69.7 Å². The van der Waals surface area contributed by atoms with Crippen LogP contribution in [0.1, 0.15) is 15.9 Å². The molecular formula is C18H15Cl2NO4. The summed E-state index contributed by atoms with van der Waals surface area (Å²) in [5.74, 6) is 0.241. The summed E-state index contributed by atoms with van der Waals surface area (Å²) in [6, 6.07) is 12.1. The smallest absolute Gasteiger partial charge is 0.339 e. The summed E-state index contributed by atoms with van der Waals surface area (Å²) in [5.41, 5.74) is 4.83. The highest BCUT2D eigenvalue weighted by molar-refractivity contribution is 6.36. The van der Waals surface area contributed by atoms with Gasteiger partial charge in [-0.15, -0.1) is 0 Å². The minimum Gasteiger partial charge on any atom is -0.497 e. The van der Waals surface area contributed by atoms with Crippen LogP contribution in [-0.2, 0) is 9.57 Å². The summed E-state index contributed by atoms with van der Waals surface area (Å²) < 4.78 is 10.4. The summed E-state index contributed by atoms with van der Waals surface area (Å²) in [7, 11) is 1.61. The molecule has 0 bridgehead atoms. The molecule has 0 spiro atoms. The molecule has 0 saturated heterocycles. The van der Waals surface area contributed by atoms with Crippen molar-refractivity contribution in [1.29, 1.82) is 0 Å². The maximum absolute atomic E-state index is 12.1. The molecular weight excluding hydrogens is 365 g/mol. The number of benzene rings is 2. The van der Waals surface area contributed by atoms with Crippen molar-refractivity contribution in [2.24, 2.45) is 0 Å². The van der Waals surface area contributed by atoms with Crippen molar-refractivity contribution in [2.45, 2.75) is 6.10 Å². The number of methoxy groups -OCH3 is 1. The highest BCUT2D eigenvalue weighted by Crippen LogP contribution is 2.23. The van der Waals surface area contributed by atoms with Crippen LogP contribution >= 0.6 is 23.2 Å². The third-order valence-electron chi connectivity index (χ3n) is 3.60. The van der Waals surface area contributed by atoms with Crippen LogP contribution in [0.3, 0.4) is 0 Å². The highest BCUT2D eigenvalue weighted by Gasteiger charge is 2.20. The maximum Gasteiger partial charge on any atom is 0.339 e. The molecule has 1 aliphatic rings. The van der Waals surface area contributed by atoms with Gasteiger partial charge in [-0.3, -0.25) is 10.3 Å². The van der Waals surface area contributed by atoms with Crippen LogP contribution in [0, 0.1) is 0 Å². The fraction of sp³-hybridized carbons (Fsp3) is 0.167. The number of hydrogen-bond donors (Lipinski definition) is 1. The Hall–Kier alpha value is -2.21. The van der Waals surface area contributed by atoms with E-state index in [9.17, 15) is 4.79 Å². The van der Waals surface area contributed by atoms with E-state index in [1.165, 1.54) is 12.1 Å². The first kappa shape index (κ1) is 17.6. The van der Waals surface area contributed by atoms with Crippen molar-refractivity contribution in [3.63, 3.8) is 0 Å². The molecule has 0 unspecified atom stereocenters. The molecule has 0 fully saturated rings. The first-order chi connectivity index (χ1) is 12.1. The number of nitrogens with one attached hydrogen (secondary N) is 1. The molecule has 0 aliphatic carbocycles. The van der Waals surface area contributed by atoms with E-state index in [0.717, 1.165) is 17.0 Å². The average molecular weight is 380 g/mol. The van der Waals surface area contributed by atoms with Gasteiger partial charge in [0.25, 0.3) is 0 Å². The first-order valence-corrected chi connectivity index (χ1v) is 8.22. The standard InChI is InChI=1S/C18H15Cl2NO4/c1-23-13-5-2-11(3-6-13)17-9-14(25-21-17)10-24-18(22)15-7-4-12(19)8-16(15)20/h2-9,14,21H,10H2,1H3/t14-/m1/s1. The Morgan fingerprint density at radius 3 is 2.64 bits per heavy atom. The third kappa shape index (κ3) is 4.25. The summed E-state index contributed by atoms with van der Waals surface area (Å²) in [6.07, 6.45) is 1.45. The van der Waals surface area contributed by atoms with Crippen LogP contribution in [0.4, 0.5) is 0 Å². The number of ether oxygens (including phenoxy) is 2. The monoisotopic (exact) mass is 379 g/mol. The molecule has 1 heterocycles. The molecule has 130 valence electrons. The molecule has 25 heavy (non-hydrogen) atoms. The van der Waals surface area contributed by atoms with E-state index in [0.29, 0.717) is 5.02 Å². The normalized spacial score (nSPS) is 16.1. The van der Waals surface area contributed by atoms with E-state index in [-0.39, 0.29) is 17.2 Å². The number of hydroxylamine groups is 1. The zero-order valence-corrected chi connectivity index (χ0v) is 14.8. The van der Waals surface area contributed by atoms with E-state index in [1.807, 2.05) is 30.3 Å². The number of halogens is 2. The summed E-state index contributed by atoms with van der Waals surface area (Å²) in [5, 5.41) is 0.703. The van der Waals surface area contributed by atoms with E-state index in [2.05, 4.69) is 5.48 Å². The molecule has 1 N–H and O–H groups in total. The van der Waals surface area contributed by atoms with Gasteiger partial charge in [0.15, 0.2) is 0 Å². The van der Waals surface area contributed by atoms with Crippen LogP contribution in [0.2, 0.25) is 10.0 Å². The second kappa shape index (κ2) is 7.78. The zero-order chi connectivity index (χ0) is 17.8. The Labute approximate surface area is 155 Å². The Balaban J connectivity index is 1.60. The van der Waals surface area contributed by atoms with Gasteiger partial charge in [0, 0.05) is 5.02 Å². The maximum atomic E-state index is 12.1. The minimum atomic E-state index is -0.531. The molecule has 0 radical (unpaired) electrons.